The third kappa shape index (κ3) is 3.92. The van der Waals surface area contributed by atoms with Gasteiger partial charge in [-0.1, -0.05) is 12.1 Å². The molecule has 2 N–H and O–H groups in total. The van der Waals surface area contributed by atoms with Crippen LogP contribution >= 0.6 is 0 Å². The number of fused-ring (bicyclic) bond motifs is 1. The number of nitrogens with one attached hydrogen (secondary N) is 2. The lowest BCUT2D eigenvalue weighted by Crippen LogP contribution is -2.18. The maximum absolute atomic E-state index is 12.3. The largest absolute Gasteiger partial charge is 0.311 e. The monoisotopic (exact) mass is 365 g/mol. The Bertz CT molecular complexity index is 1020. The molecule has 1 saturated carbocycles. The van der Waals surface area contributed by atoms with E-state index in [0.717, 1.165) is 5.82 Å². The molecule has 7 nitrogen and oxygen atoms in total. The highest BCUT2D eigenvalue weighted by Crippen LogP contribution is 2.40. The molecule has 1 unspecified atom stereocenters. The van der Waals surface area contributed by atoms with Crippen LogP contribution in [0.1, 0.15) is 44.5 Å². The molecule has 1 aliphatic carbocycles. The normalized spacial score (nSPS) is 15.0. The Balaban J connectivity index is 1.34. The standard InChI is InChI=1S/C20H23N5O2/c1-13(14-9-10-14)25-18(11-12-21-25)24-19(26)8-4-7-17-22-16-6-3-2-5-15(16)20(27)23-17/h2-3,5-6,11-14H,4,7-10H2,1H3,(H,24,26)(H,22,23,27). The molecule has 27 heavy (non-hydrogen) atoms. The maximum atomic E-state index is 12.3. The predicted octanol–water partition coefficient (Wildman–Crippen LogP) is 3.05. The second-order valence-electron chi connectivity index (χ2n) is 7.17. The van der Waals surface area contributed by atoms with Gasteiger partial charge < -0.3 is 10.3 Å². The SMILES string of the molecule is CC(C1CC1)n1nccc1NC(=O)CCCc1nc2ccccc2c(=O)[nH]1. The van der Waals surface area contributed by atoms with Crippen molar-refractivity contribution in [3.63, 3.8) is 0 Å². The number of anilines is 1. The molecular weight excluding hydrogens is 342 g/mol. The summed E-state index contributed by atoms with van der Waals surface area (Å²) in [6.45, 7) is 2.14. The van der Waals surface area contributed by atoms with Crippen LogP contribution in [-0.2, 0) is 11.2 Å². The van der Waals surface area contributed by atoms with E-state index in [-0.39, 0.29) is 11.5 Å². The topological polar surface area (TPSA) is 92.7 Å². The van der Waals surface area contributed by atoms with E-state index in [2.05, 4.69) is 27.3 Å². The third-order valence-corrected chi connectivity index (χ3v) is 5.11. The summed E-state index contributed by atoms with van der Waals surface area (Å²) < 4.78 is 1.90. The molecule has 1 aliphatic rings. The Kier molecular flexibility index (Phi) is 4.75. The van der Waals surface area contributed by atoms with Crippen molar-refractivity contribution in [2.24, 2.45) is 5.92 Å². The molecule has 0 radical (unpaired) electrons. The molecule has 2 aromatic heterocycles. The average molecular weight is 365 g/mol. The zero-order valence-corrected chi connectivity index (χ0v) is 15.3. The van der Waals surface area contributed by atoms with Gasteiger partial charge in [0.2, 0.25) is 5.91 Å². The number of aromatic nitrogens is 4. The van der Waals surface area contributed by atoms with E-state index in [1.165, 1.54) is 12.8 Å². The minimum absolute atomic E-state index is 0.0529. The van der Waals surface area contributed by atoms with Crippen LogP contribution in [0.4, 0.5) is 5.82 Å². The van der Waals surface area contributed by atoms with E-state index in [4.69, 9.17) is 0 Å². The summed E-state index contributed by atoms with van der Waals surface area (Å²) in [7, 11) is 0. The number of carbonyl (C=O) groups is 1. The number of benzene rings is 1. The number of hydrogen-bond donors (Lipinski definition) is 2. The van der Waals surface area contributed by atoms with Crippen LogP contribution in [0.25, 0.3) is 10.9 Å². The van der Waals surface area contributed by atoms with Gasteiger partial charge in [-0.05, 0) is 44.2 Å². The van der Waals surface area contributed by atoms with Gasteiger partial charge in [0.1, 0.15) is 11.6 Å². The van der Waals surface area contributed by atoms with Crippen LogP contribution in [0.15, 0.2) is 41.3 Å². The molecule has 0 bridgehead atoms. The van der Waals surface area contributed by atoms with Crippen molar-refractivity contribution in [1.82, 2.24) is 19.7 Å². The Hall–Kier alpha value is -2.96. The molecule has 140 valence electrons. The molecule has 1 amide bonds. The molecule has 4 rings (SSSR count). The zero-order valence-electron chi connectivity index (χ0n) is 15.3. The van der Waals surface area contributed by atoms with Crippen molar-refractivity contribution >= 4 is 22.6 Å². The first-order chi connectivity index (χ1) is 13.1. The van der Waals surface area contributed by atoms with Crippen molar-refractivity contribution in [3.8, 4) is 0 Å². The fourth-order valence-electron chi connectivity index (χ4n) is 3.39. The van der Waals surface area contributed by atoms with E-state index < -0.39 is 0 Å². The Morgan fingerprint density at radius 1 is 1.33 bits per heavy atom. The fraction of sp³-hybridized carbons (Fsp3) is 0.400. The molecule has 1 atom stereocenters. The summed E-state index contributed by atoms with van der Waals surface area (Å²) in [5, 5.41) is 7.88. The van der Waals surface area contributed by atoms with Crippen LogP contribution in [-0.4, -0.2) is 25.7 Å². The Morgan fingerprint density at radius 2 is 2.15 bits per heavy atom. The van der Waals surface area contributed by atoms with Crippen LogP contribution in [0, 0.1) is 5.92 Å². The molecule has 2 heterocycles. The quantitative estimate of drug-likeness (QED) is 0.673. The first-order valence-corrected chi connectivity index (χ1v) is 9.43. The van der Waals surface area contributed by atoms with Crippen LogP contribution in [0.3, 0.4) is 0 Å². The lowest BCUT2D eigenvalue weighted by molar-refractivity contribution is -0.116. The molecular formula is C20H23N5O2. The van der Waals surface area contributed by atoms with Gasteiger partial charge in [0.15, 0.2) is 0 Å². The summed E-state index contributed by atoms with van der Waals surface area (Å²) in [5.41, 5.74) is 0.539. The van der Waals surface area contributed by atoms with Gasteiger partial charge in [0.25, 0.3) is 5.56 Å². The summed E-state index contributed by atoms with van der Waals surface area (Å²) in [6.07, 6.45) is 5.69. The molecule has 3 aromatic rings. The number of H-pyrrole nitrogens is 1. The highest BCUT2D eigenvalue weighted by atomic mass is 16.1. The summed E-state index contributed by atoms with van der Waals surface area (Å²) in [5.74, 6) is 1.97. The lowest BCUT2D eigenvalue weighted by atomic mass is 10.2. The number of rotatable bonds is 7. The van der Waals surface area contributed by atoms with Crippen LogP contribution < -0.4 is 10.9 Å². The van der Waals surface area contributed by atoms with Crippen molar-refractivity contribution in [1.29, 1.82) is 0 Å². The number of aromatic amines is 1. The fourth-order valence-corrected chi connectivity index (χ4v) is 3.39. The van der Waals surface area contributed by atoms with Crippen molar-refractivity contribution < 1.29 is 4.79 Å². The number of aryl methyl sites for hydroxylation is 1. The minimum atomic E-state index is -0.141. The van der Waals surface area contributed by atoms with E-state index in [9.17, 15) is 9.59 Å². The minimum Gasteiger partial charge on any atom is -0.311 e. The number of amides is 1. The van der Waals surface area contributed by atoms with Gasteiger partial charge in [-0.3, -0.25) is 9.59 Å². The maximum Gasteiger partial charge on any atom is 0.258 e. The summed E-state index contributed by atoms with van der Waals surface area (Å²) >= 11 is 0. The first-order valence-electron chi connectivity index (χ1n) is 9.43. The molecule has 7 heteroatoms. The Morgan fingerprint density at radius 3 is 2.96 bits per heavy atom. The van der Waals surface area contributed by atoms with E-state index in [1.54, 1.807) is 12.3 Å². The molecule has 0 saturated heterocycles. The van der Waals surface area contributed by atoms with E-state index in [0.29, 0.717) is 47.9 Å². The van der Waals surface area contributed by atoms with E-state index >= 15 is 0 Å². The van der Waals surface area contributed by atoms with Crippen molar-refractivity contribution in [3.05, 3.63) is 52.7 Å². The van der Waals surface area contributed by atoms with Gasteiger partial charge in [0.05, 0.1) is 23.1 Å². The molecule has 1 fully saturated rings. The second kappa shape index (κ2) is 7.34. The Labute approximate surface area is 156 Å². The average Bonchev–Trinajstić information content (AvgIpc) is 3.41. The third-order valence-electron chi connectivity index (χ3n) is 5.11. The number of nitrogens with zero attached hydrogens (tertiary/aromatic N) is 3. The highest BCUT2D eigenvalue weighted by Gasteiger charge is 2.30. The summed E-state index contributed by atoms with van der Waals surface area (Å²) in [4.78, 5) is 31.7. The van der Waals surface area contributed by atoms with Crippen LogP contribution in [0.2, 0.25) is 0 Å². The van der Waals surface area contributed by atoms with E-state index in [1.807, 2.05) is 28.9 Å². The van der Waals surface area contributed by atoms with Gasteiger partial charge >= 0.3 is 0 Å². The smallest absolute Gasteiger partial charge is 0.258 e. The predicted molar refractivity (Wildman–Crippen MR) is 104 cm³/mol. The second-order valence-corrected chi connectivity index (χ2v) is 7.17. The van der Waals surface area contributed by atoms with Gasteiger partial charge in [-0.15, -0.1) is 0 Å². The van der Waals surface area contributed by atoms with Gasteiger partial charge in [-0.2, -0.15) is 5.10 Å². The summed E-state index contributed by atoms with van der Waals surface area (Å²) in [6, 6.07) is 9.39. The first kappa shape index (κ1) is 17.5. The number of carbonyl (C=O) groups excluding carboxylic acids is 1. The van der Waals surface area contributed by atoms with Crippen molar-refractivity contribution in [2.45, 2.75) is 45.1 Å². The van der Waals surface area contributed by atoms with Crippen LogP contribution in [0.5, 0.6) is 0 Å². The lowest BCUT2D eigenvalue weighted by Gasteiger charge is -2.15. The molecule has 1 aromatic carbocycles. The number of para-hydroxylation sites is 1. The van der Waals surface area contributed by atoms with Gasteiger partial charge in [-0.25, -0.2) is 9.67 Å². The molecule has 0 aliphatic heterocycles. The number of hydrogen-bond acceptors (Lipinski definition) is 4. The van der Waals surface area contributed by atoms with Gasteiger partial charge in [0, 0.05) is 18.9 Å². The highest BCUT2D eigenvalue weighted by molar-refractivity contribution is 5.89. The molecule has 0 spiro atoms. The van der Waals surface area contributed by atoms with Crippen molar-refractivity contribution in [2.75, 3.05) is 5.32 Å². The zero-order chi connectivity index (χ0) is 18.8.